The molecule has 3 aliphatic heterocycles. The van der Waals surface area contributed by atoms with E-state index in [1.165, 1.54) is 7.11 Å². The van der Waals surface area contributed by atoms with Crippen molar-refractivity contribution in [3.05, 3.63) is 56.8 Å². The Balaban J connectivity index is 1.79. The van der Waals surface area contributed by atoms with Crippen molar-refractivity contribution in [1.82, 2.24) is 0 Å². The summed E-state index contributed by atoms with van der Waals surface area (Å²) in [5.41, 5.74) is 0.402. The number of hydrogen-bond acceptors (Lipinski definition) is 10. The Morgan fingerprint density at radius 2 is 1.94 bits per heavy atom. The summed E-state index contributed by atoms with van der Waals surface area (Å²) in [5.74, 6) is -2.92. The molecule has 2 unspecified atom stereocenters. The number of allylic oxidation sites excluding steroid dienone is 1. The molecular formula is C23H26N2O9. The van der Waals surface area contributed by atoms with Crippen molar-refractivity contribution < 1.29 is 38.8 Å². The van der Waals surface area contributed by atoms with Gasteiger partial charge >= 0.3 is 5.97 Å². The van der Waals surface area contributed by atoms with Crippen LogP contribution in [-0.2, 0) is 28.6 Å². The maximum Gasteiger partial charge on any atom is 0.315 e. The van der Waals surface area contributed by atoms with Gasteiger partial charge in [-0.3, -0.25) is 14.6 Å². The zero-order chi connectivity index (χ0) is 24.8. The lowest BCUT2D eigenvalue weighted by Gasteiger charge is -2.36. The first kappa shape index (κ1) is 24.0. The van der Waals surface area contributed by atoms with Crippen LogP contribution in [0.4, 0.5) is 0 Å². The number of ketones is 1. The van der Waals surface area contributed by atoms with Crippen LogP contribution in [0.5, 0.6) is 0 Å². The lowest BCUT2D eigenvalue weighted by atomic mass is 9.70. The number of carbonyl (C=O) groups excluding carboxylic acids is 2. The zero-order valence-electron chi connectivity index (χ0n) is 19.2. The van der Waals surface area contributed by atoms with Gasteiger partial charge in [0.05, 0.1) is 20.3 Å². The van der Waals surface area contributed by atoms with E-state index in [2.05, 4.69) is 9.83 Å². The number of aryl methyl sites for hydroxylation is 1. The zero-order valence-corrected chi connectivity index (χ0v) is 19.2. The van der Waals surface area contributed by atoms with Gasteiger partial charge in [-0.25, -0.2) is 0 Å². The van der Waals surface area contributed by atoms with Crippen LogP contribution in [0, 0.1) is 23.0 Å². The minimum Gasteiger partial charge on any atom is -0.468 e. The number of aliphatic imine (C=N–C) groups is 1. The molecule has 6 atom stereocenters. The predicted molar refractivity (Wildman–Crippen MR) is 117 cm³/mol. The van der Waals surface area contributed by atoms with E-state index in [9.17, 15) is 24.8 Å². The molecule has 0 amide bonds. The lowest BCUT2D eigenvalue weighted by molar-refractivity contribution is -0.769. The number of fused-ring (bicyclic) bond motifs is 1. The second-order valence-corrected chi connectivity index (χ2v) is 8.74. The molecule has 0 aromatic heterocycles. The Hall–Kier alpha value is -3.15. The fourth-order valence-electron chi connectivity index (χ4n) is 5.16. The molecular weight excluding hydrogens is 448 g/mol. The molecule has 34 heavy (non-hydrogen) atoms. The number of Topliss-reactive ketones (excluding diaryl/α,β-unsaturated/α-hetero) is 1. The first-order valence-electron chi connectivity index (χ1n) is 10.8. The van der Waals surface area contributed by atoms with Gasteiger partial charge in [0, 0.05) is 22.9 Å². The standard InChI is InChI=1S/C23H26N2O9/c1-11-7-5-6-8-14(11)18-16(12(2)24-13(3)17(18)22(27)31-4)20(26)23(28)10-33-19-15(34-25(29)30)9-32-21(19)23/h5-8,15,17-19,21,28H,9-10H2,1-4H3/t15-,17?,18?,19+,21-,23-/m0/s1. The first-order valence-corrected chi connectivity index (χ1v) is 10.8. The summed E-state index contributed by atoms with van der Waals surface area (Å²) in [7, 11) is 1.27. The van der Waals surface area contributed by atoms with Gasteiger partial charge in [0.1, 0.15) is 18.1 Å². The monoisotopic (exact) mass is 474 g/mol. The van der Waals surface area contributed by atoms with E-state index in [4.69, 9.17) is 14.2 Å². The van der Waals surface area contributed by atoms with E-state index in [1.54, 1.807) is 19.9 Å². The fraction of sp³-hybridized carbons (Fsp3) is 0.522. The Morgan fingerprint density at radius 1 is 1.24 bits per heavy atom. The van der Waals surface area contributed by atoms with Crippen LogP contribution in [0.25, 0.3) is 0 Å². The third-order valence-corrected chi connectivity index (χ3v) is 6.74. The minimum atomic E-state index is -2.14. The molecule has 0 radical (unpaired) electrons. The highest BCUT2D eigenvalue weighted by molar-refractivity contribution is 6.11. The number of carbonyl (C=O) groups is 2. The number of esters is 1. The van der Waals surface area contributed by atoms with Crippen LogP contribution < -0.4 is 0 Å². The molecule has 1 N–H and O–H groups in total. The SMILES string of the molecule is COC(=O)C1C(C)=NC(C)=C(C(=O)[C@@]2(O)CO[C@@H]3[C@@H](O[N+](=O)[O-])CO[C@@H]32)C1c1ccccc1C. The van der Waals surface area contributed by atoms with E-state index in [0.717, 1.165) is 11.1 Å². The van der Waals surface area contributed by atoms with Gasteiger partial charge < -0.3 is 24.2 Å². The lowest BCUT2D eigenvalue weighted by Crippen LogP contribution is -2.53. The van der Waals surface area contributed by atoms with Gasteiger partial charge in [0.25, 0.3) is 5.09 Å². The molecule has 0 spiro atoms. The summed E-state index contributed by atoms with van der Waals surface area (Å²) in [6.45, 7) is 4.54. The van der Waals surface area contributed by atoms with E-state index >= 15 is 0 Å². The molecule has 1 aromatic carbocycles. The summed E-state index contributed by atoms with van der Waals surface area (Å²) in [6.07, 6.45) is -3.24. The van der Waals surface area contributed by atoms with Crippen LogP contribution in [0.15, 0.2) is 40.5 Å². The molecule has 1 aromatic rings. The van der Waals surface area contributed by atoms with Crippen molar-refractivity contribution in [1.29, 1.82) is 0 Å². The van der Waals surface area contributed by atoms with Gasteiger partial charge in [-0.2, -0.15) is 0 Å². The third-order valence-electron chi connectivity index (χ3n) is 6.74. The average Bonchev–Trinajstić information content (AvgIpc) is 3.34. The summed E-state index contributed by atoms with van der Waals surface area (Å²) in [6, 6.07) is 7.34. The van der Waals surface area contributed by atoms with Crippen molar-refractivity contribution >= 4 is 17.5 Å². The molecule has 2 fully saturated rings. The van der Waals surface area contributed by atoms with Gasteiger partial charge in [-0.15, -0.1) is 10.1 Å². The molecule has 182 valence electrons. The highest BCUT2D eigenvalue weighted by Gasteiger charge is 2.62. The average molecular weight is 474 g/mol. The van der Waals surface area contributed by atoms with Crippen molar-refractivity contribution in [2.24, 2.45) is 10.9 Å². The summed E-state index contributed by atoms with van der Waals surface area (Å²) in [4.78, 5) is 46.7. The van der Waals surface area contributed by atoms with Crippen molar-refractivity contribution in [2.75, 3.05) is 20.3 Å². The Kier molecular flexibility index (Phi) is 6.28. The number of rotatable bonds is 6. The van der Waals surface area contributed by atoms with Crippen LogP contribution >= 0.6 is 0 Å². The molecule has 3 aliphatic rings. The van der Waals surface area contributed by atoms with Gasteiger partial charge in [-0.1, -0.05) is 24.3 Å². The van der Waals surface area contributed by atoms with E-state index < -0.39 is 59.2 Å². The van der Waals surface area contributed by atoms with Crippen LogP contribution in [0.1, 0.15) is 30.9 Å². The molecule has 0 bridgehead atoms. The van der Waals surface area contributed by atoms with Crippen LogP contribution in [-0.4, -0.2) is 71.9 Å². The molecule has 0 aliphatic carbocycles. The van der Waals surface area contributed by atoms with E-state index in [0.29, 0.717) is 11.4 Å². The Bertz CT molecular complexity index is 1100. The Morgan fingerprint density at radius 3 is 2.59 bits per heavy atom. The van der Waals surface area contributed by atoms with E-state index in [-0.39, 0.29) is 12.2 Å². The topological polar surface area (TPSA) is 147 Å². The van der Waals surface area contributed by atoms with Gasteiger partial charge in [0.2, 0.25) is 0 Å². The highest BCUT2D eigenvalue weighted by atomic mass is 17.0. The number of aliphatic hydroxyl groups is 1. The number of nitrogens with zero attached hydrogens (tertiary/aromatic N) is 2. The number of ether oxygens (including phenoxy) is 3. The van der Waals surface area contributed by atoms with Crippen LogP contribution in [0.2, 0.25) is 0 Å². The third kappa shape index (κ3) is 3.79. The second kappa shape index (κ2) is 8.90. The Labute approximate surface area is 195 Å². The summed E-state index contributed by atoms with van der Waals surface area (Å²) >= 11 is 0. The van der Waals surface area contributed by atoms with Crippen LogP contribution in [0.3, 0.4) is 0 Å². The fourth-order valence-corrected chi connectivity index (χ4v) is 5.16. The quantitative estimate of drug-likeness (QED) is 0.366. The molecule has 11 heteroatoms. The van der Waals surface area contributed by atoms with Crippen molar-refractivity contribution in [2.45, 2.75) is 50.6 Å². The molecule has 2 saturated heterocycles. The largest absolute Gasteiger partial charge is 0.468 e. The highest BCUT2D eigenvalue weighted by Crippen LogP contribution is 2.45. The smallest absolute Gasteiger partial charge is 0.315 e. The molecule has 11 nitrogen and oxygen atoms in total. The first-order chi connectivity index (χ1) is 16.1. The summed E-state index contributed by atoms with van der Waals surface area (Å²) in [5, 5.41) is 21.3. The minimum absolute atomic E-state index is 0.143. The molecule has 0 saturated carbocycles. The number of benzene rings is 1. The van der Waals surface area contributed by atoms with Crippen molar-refractivity contribution in [3.63, 3.8) is 0 Å². The molecule has 4 rings (SSSR count). The molecule has 3 heterocycles. The number of hydrogen-bond donors (Lipinski definition) is 1. The maximum absolute atomic E-state index is 14.0. The normalized spacial score (nSPS) is 32.7. The van der Waals surface area contributed by atoms with E-state index in [1.807, 2.05) is 25.1 Å². The maximum atomic E-state index is 14.0. The van der Waals surface area contributed by atoms with Gasteiger partial charge in [-0.05, 0) is 31.9 Å². The predicted octanol–water partition coefficient (Wildman–Crippen LogP) is 1.29. The van der Waals surface area contributed by atoms with Gasteiger partial charge in [0.15, 0.2) is 17.5 Å². The summed E-state index contributed by atoms with van der Waals surface area (Å²) < 4.78 is 16.2. The second-order valence-electron chi connectivity index (χ2n) is 8.74. The number of methoxy groups -OCH3 is 1. The van der Waals surface area contributed by atoms with Crippen molar-refractivity contribution in [3.8, 4) is 0 Å².